The summed E-state index contributed by atoms with van der Waals surface area (Å²) in [5, 5.41) is 8.63. The fourth-order valence-corrected chi connectivity index (χ4v) is 3.04. The molecular formula is C7H13NO4S. The number of hydrogen-bond acceptors (Lipinski definition) is 3. The van der Waals surface area contributed by atoms with Crippen LogP contribution in [0.2, 0.25) is 0 Å². The second-order valence-electron chi connectivity index (χ2n) is 3.07. The highest BCUT2D eigenvalue weighted by molar-refractivity contribution is 7.89. The van der Waals surface area contributed by atoms with Gasteiger partial charge in [0.25, 0.3) is 0 Å². The fraction of sp³-hybridized carbons (Fsp3) is 0.857. The van der Waals surface area contributed by atoms with Crippen LogP contribution in [0.25, 0.3) is 0 Å². The molecule has 13 heavy (non-hydrogen) atoms. The fourth-order valence-electron chi connectivity index (χ4n) is 1.32. The van der Waals surface area contributed by atoms with E-state index in [0.717, 1.165) is 4.31 Å². The molecule has 0 spiro atoms. The van der Waals surface area contributed by atoms with Crippen LogP contribution in [0.3, 0.4) is 0 Å². The van der Waals surface area contributed by atoms with Crippen LogP contribution in [-0.2, 0) is 14.8 Å². The predicted molar refractivity (Wildman–Crippen MR) is 46.8 cm³/mol. The van der Waals surface area contributed by atoms with Crippen molar-refractivity contribution in [3.63, 3.8) is 0 Å². The van der Waals surface area contributed by atoms with Crippen LogP contribution >= 0.6 is 0 Å². The maximum atomic E-state index is 11.4. The summed E-state index contributed by atoms with van der Waals surface area (Å²) < 4.78 is 23.8. The van der Waals surface area contributed by atoms with Gasteiger partial charge in [-0.1, -0.05) is 6.92 Å². The molecule has 1 saturated heterocycles. The normalized spacial score (nSPS) is 23.9. The van der Waals surface area contributed by atoms with Gasteiger partial charge in [-0.05, 0) is 12.8 Å². The quantitative estimate of drug-likeness (QED) is 0.697. The molecule has 0 aliphatic carbocycles. The second kappa shape index (κ2) is 3.63. The van der Waals surface area contributed by atoms with Crippen LogP contribution in [0, 0.1) is 0 Å². The number of nitrogens with zero attached hydrogens (tertiary/aromatic N) is 1. The summed E-state index contributed by atoms with van der Waals surface area (Å²) in [6, 6.07) is -0.823. The molecule has 0 radical (unpaired) electrons. The van der Waals surface area contributed by atoms with E-state index in [-0.39, 0.29) is 5.75 Å². The van der Waals surface area contributed by atoms with Crippen LogP contribution in [0.5, 0.6) is 0 Å². The highest BCUT2D eigenvalue weighted by Gasteiger charge is 2.41. The summed E-state index contributed by atoms with van der Waals surface area (Å²) >= 11 is 0. The van der Waals surface area contributed by atoms with Crippen molar-refractivity contribution in [1.29, 1.82) is 0 Å². The molecule has 1 atom stereocenters. The minimum atomic E-state index is -3.32. The molecule has 76 valence electrons. The van der Waals surface area contributed by atoms with E-state index < -0.39 is 22.0 Å². The monoisotopic (exact) mass is 207 g/mol. The van der Waals surface area contributed by atoms with Crippen molar-refractivity contribution in [2.75, 3.05) is 12.3 Å². The summed E-state index contributed by atoms with van der Waals surface area (Å²) in [6.07, 6.45) is 0.948. The number of rotatable bonds is 4. The molecule has 0 unspecified atom stereocenters. The Hall–Kier alpha value is -0.620. The minimum Gasteiger partial charge on any atom is -0.480 e. The van der Waals surface area contributed by atoms with Crippen molar-refractivity contribution in [3.8, 4) is 0 Å². The topological polar surface area (TPSA) is 74.7 Å². The first-order valence-corrected chi connectivity index (χ1v) is 5.82. The Balaban J connectivity index is 2.68. The van der Waals surface area contributed by atoms with Gasteiger partial charge in [0, 0.05) is 6.54 Å². The first-order valence-electron chi connectivity index (χ1n) is 4.21. The lowest BCUT2D eigenvalue weighted by atomic mass is 10.1. The number of aliphatic carboxylic acids is 1. The molecule has 0 aromatic heterocycles. The largest absolute Gasteiger partial charge is 0.480 e. The van der Waals surface area contributed by atoms with Gasteiger partial charge in [0.05, 0.1) is 5.75 Å². The molecule has 6 heteroatoms. The lowest BCUT2D eigenvalue weighted by Crippen LogP contribution is -2.55. The van der Waals surface area contributed by atoms with Gasteiger partial charge in [-0.3, -0.25) is 4.79 Å². The van der Waals surface area contributed by atoms with Gasteiger partial charge in [0.1, 0.15) is 6.04 Å². The van der Waals surface area contributed by atoms with Crippen LogP contribution in [0.15, 0.2) is 0 Å². The number of carboxylic acids is 1. The van der Waals surface area contributed by atoms with Gasteiger partial charge in [0.15, 0.2) is 0 Å². The van der Waals surface area contributed by atoms with Crippen LogP contribution in [0.4, 0.5) is 0 Å². The van der Waals surface area contributed by atoms with Gasteiger partial charge in [0.2, 0.25) is 10.0 Å². The molecule has 0 saturated carbocycles. The summed E-state index contributed by atoms with van der Waals surface area (Å²) in [5.74, 6) is -1.01. The highest BCUT2D eigenvalue weighted by Crippen LogP contribution is 2.22. The maximum absolute atomic E-state index is 11.4. The third-order valence-corrected chi connectivity index (χ3v) is 4.15. The molecular weight excluding hydrogens is 194 g/mol. The van der Waals surface area contributed by atoms with E-state index in [4.69, 9.17) is 5.11 Å². The minimum absolute atomic E-state index is 0.0385. The molecule has 0 aromatic carbocycles. The van der Waals surface area contributed by atoms with E-state index in [1.54, 1.807) is 6.92 Å². The second-order valence-corrected chi connectivity index (χ2v) is 5.11. The van der Waals surface area contributed by atoms with Gasteiger partial charge >= 0.3 is 5.97 Å². The highest BCUT2D eigenvalue weighted by atomic mass is 32.2. The van der Waals surface area contributed by atoms with E-state index in [9.17, 15) is 13.2 Å². The zero-order valence-corrected chi connectivity index (χ0v) is 8.25. The SMILES string of the molecule is CCCS(=O)(=O)N1CC[C@H]1C(=O)O. The summed E-state index contributed by atoms with van der Waals surface area (Å²) in [4.78, 5) is 10.5. The first kappa shape index (κ1) is 10.5. The molecule has 1 rings (SSSR count). The summed E-state index contributed by atoms with van der Waals surface area (Å²) in [5.41, 5.74) is 0. The smallest absolute Gasteiger partial charge is 0.322 e. The van der Waals surface area contributed by atoms with E-state index >= 15 is 0 Å². The zero-order chi connectivity index (χ0) is 10.1. The van der Waals surface area contributed by atoms with Gasteiger partial charge in [-0.2, -0.15) is 4.31 Å². The average Bonchev–Trinajstić information content (AvgIpc) is 1.79. The number of hydrogen-bond donors (Lipinski definition) is 1. The summed E-state index contributed by atoms with van der Waals surface area (Å²) in [6.45, 7) is 2.10. The predicted octanol–water partition coefficient (Wildman–Crippen LogP) is -0.115. The number of carbonyl (C=O) groups is 1. The molecule has 0 bridgehead atoms. The van der Waals surface area contributed by atoms with E-state index in [1.807, 2.05) is 0 Å². The van der Waals surface area contributed by atoms with Crippen molar-refractivity contribution >= 4 is 16.0 Å². The van der Waals surface area contributed by atoms with Crippen LogP contribution in [-0.4, -0.2) is 42.1 Å². The molecule has 1 aliphatic heterocycles. The molecule has 5 nitrogen and oxygen atoms in total. The molecule has 0 aromatic rings. The standard InChI is InChI=1S/C7H13NO4S/c1-2-5-13(11,12)8-4-3-6(8)7(9)10/h6H,2-5H2,1H3,(H,9,10)/t6-/m0/s1. The van der Waals surface area contributed by atoms with Gasteiger partial charge < -0.3 is 5.11 Å². The Morgan fingerprint density at radius 1 is 1.62 bits per heavy atom. The third kappa shape index (κ3) is 2.00. The number of carboxylic acid groups (broad SMARTS) is 1. The molecule has 0 amide bonds. The first-order chi connectivity index (χ1) is 5.99. The van der Waals surface area contributed by atoms with Crippen molar-refractivity contribution in [3.05, 3.63) is 0 Å². The Morgan fingerprint density at radius 2 is 2.23 bits per heavy atom. The van der Waals surface area contributed by atoms with Crippen molar-refractivity contribution in [2.24, 2.45) is 0 Å². The molecule has 1 fully saturated rings. The Labute approximate surface area is 77.4 Å². The van der Waals surface area contributed by atoms with Crippen LogP contribution in [0.1, 0.15) is 19.8 Å². The van der Waals surface area contributed by atoms with Crippen molar-refractivity contribution in [1.82, 2.24) is 4.31 Å². The van der Waals surface area contributed by atoms with Crippen molar-refractivity contribution in [2.45, 2.75) is 25.8 Å². The lowest BCUT2D eigenvalue weighted by molar-refractivity contribution is -0.144. The zero-order valence-electron chi connectivity index (χ0n) is 7.43. The summed E-state index contributed by atoms with van der Waals surface area (Å²) in [7, 11) is -3.32. The molecule has 1 aliphatic rings. The Morgan fingerprint density at radius 3 is 2.54 bits per heavy atom. The maximum Gasteiger partial charge on any atom is 0.322 e. The van der Waals surface area contributed by atoms with E-state index in [1.165, 1.54) is 0 Å². The lowest BCUT2D eigenvalue weighted by Gasteiger charge is -2.36. The van der Waals surface area contributed by atoms with E-state index in [2.05, 4.69) is 0 Å². The molecule has 1 heterocycles. The van der Waals surface area contributed by atoms with Crippen LogP contribution < -0.4 is 0 Å². The Kier molecular flexibility index (Phi) is 2.92. The average molecular weight is 207 g/mol. The van der Waals surface area contributed by atoms with Crippen molar-refractivity contribution < 1.29 is 18.3 Å². The molecule has 1 N–H and O–H groups in total. The number of sulfonamides is 1. The van der Waals surface area contributed by atoms with Gasteiger partial charge in [-0.15, -0.1) is 0 Å². The third-order valence-electron chi connectivity index (χ3n) is 2.07. The Bertz CT molecular complexity index is 298. The van der Waals surface area contributed by atoms with E-state index in [0.29, 0.717) is 19.4 Å². The van der Waals surface area contributed by atoms with Gasteiger partial charge in [-0.25, -0.2) is 8.42 Å².